The second-order valence-corrected chi connectivity index (χ2v) is 5.48. The Morgan fingerprint density at radius 3 is 2.38 bits per heavy atom. The van der Waals surface area contributed by atoms with E-state index in [2.05, 4.69) is 21.0 Å². The summed E-state index contributed by atoms with van der Waals surface area (Å²) in [6, 6.07) is 2.15. The number of urea groups is 1. The molecule has 3 N–H and O–H groups in total. The zero-order valence-electron chi connectivity index (χ0n) is 14.2. The van der Waals surface area contributed by atoms with Crippen molar-refractivity contribution in [2.24, 2.45) is 7.05 Å². The lowest BCUT2D eigenvalue weighted by Gasteiger charge is -2.06. The number of benzene rings is 1. The Labute approximate surface area is 147 Å². The van der Waals surface area contributed by atoms with Crippen LogP contribution in [-0.4, -0.2) is 28.3 Å². The van der Waals surface area contributed by atoms with Crippen molar-refractivity contribution in [1.82, 2.24) is 15.1 Å². The van der Waals surface area contributed by atoms with Gasteiger partial charge in [-0.25, -0.2) is 18.0 Å². The highest BCUT2D eigenvalue weighted by atomic mass is 19.2. The van der Waals surface area contributed by atoms with E-state index < -0.39 is 29.4 Å². The number of halogens is 3. The molecule has 7 nitrogen and oxygen atoms in total. The topological polar surface area (TPSA) is 88.0 Å². The van der Waals surface area contributed by atoms with Gasteiger partial charge in [0.1, 0.15) is 5.69 Å². The molecule has 10 heteroatoms. The first kappa shape index (κ1) is 19.3. The summed E-state index contributed by atoms with van der Waals surface area (Å²) in [5, 5.41) is 11.3. The molecular weight excluding hydrogens is 351 g/mol. The lowest BCUT2D eigenvalue weighted by molar-refractivity contribution is 0.101. The minimum absolute atomic E-state index is 0.0269. The van der Waals surface area contributed by atoms with Gasteiger partial charge in [-0.2, -0.15) is 5.10 Å². The molecule has 0 radical (unpaired) electrons. The molecule has 0 aliphatic carbocycles. The van der Waals surface area contributed by atoms with Gasteiger partial charge in [0, 0.05) is 37.5 Å². The Morgan fingerprint density at radius 1 is 1.12 bits per heavy atom. The summed E-state index contributed by atoms with van der Waals surface area (Å²) >= 11 is 0. The van der Waals surface area contributed by atoms with Crippen LogP contribution in [0.3, 0.4) is 0 Å². The third kappa shape index (κ3) is 4.74. The number of hydrogen-bond donors (Lipinski definition) is 3. The summed E-state index contributed by atoms with van der Waals surface area (Å²) in [5.74, 6) is -5.06. The highest BCUT2D eigenvalue weighted by Crippen LogP contribution is 2.18. The van der Waals surface area contributed by atoms with Gasteiger partial charge >= 0.3 is 6.03 Å². The number of amides is 3. The first-order chi connectivity index (χ1) is 12.3. The van der Waals surface area contributed by atoms with E-state index in [4.69, 9.17) is 0 Å². The fourth-order valence-electron chi connectivity index (χ4n) is 2.10. The Balaban J connectivity index is 2.06. The monoisotopic (exact) mass is 369 g/mol. The highest BCUT2D eigenvalue weighted by molar-refractivity contribution is 6.04. The van der Waals surface area contributed by atoms with Crippen LogP contribution < -0.4 is 16.0 Å². The van der Waals surface area contributed by atoms with E-state index in [1.807, 2.05) is 6.92 Å². The number of aromatic nitrogens is 2. The Morgan fingerprint density at radius 2 is 1.77 bits per heavy atom. The molecule has 140 valence electrons. The molecule has 0 bridgehead atoms. The summed E-state index contributed by atoms with van der Waals surface area (Å²) in [7, 11) is 1.46. The molecule has 3 amide bonds. The number of nitrogens with one attached hydrogen (secondary N) is 3. The van der Waals surface area contributed by atoms with Crippen LogP contribution in [0.5, 0.6) is 0 Å². The lowest BCUT2D eigenvalue weighted by Crippen LogP contribution is -2.29. The van der Waals surface area contributed by atoms with Crippen molar-refractivity contribution < 1.29 is 22.8 Å². The van der Waals surface area contributed by atoms with Crippen molar-refractivity contribution in [3.05, 3.63) is 41.3 Å². The second kappa shape index (κ2) is 8.37. The normalized spacial score (nSPS) is 10.5. The van der Waals surface area contributed by atoms with E-state index in [0.717, 1.165) is 12.8 Å². The average molecular weight is 369 g/mol. The number of anilines is 2. The molecule has 0 atom stereocenters. The molecule has 0 spiro atoms. The molecule has 2 rings (SSSR count). The predicted octanol–water partition coefficient (Wildman–Crippen LogP) is 3.01. The van der Waals surface area contributed by atoms with Crippen molar-refractivity contribution >= 4 is 23.4 Å². The first-order valence-corrected chi connectivity index (χ1v) is 7.86. The Kier molecular flexibility index (Phi) is 6.21. The van der Waals surface area contributed by atoms with Gasteiger partial charge in [0.15, 0.2) is 23.3 Å². The van der Waals surface area contributed by atoms with Crippen molar-refractivity contribution in [3.63, 3.8) is 0 Å². The van der Waals surface area contributed by atoms with Crippen LogP contribution >= 0.6 is 0 Å². The molecule has 26 heavy (non-hydrogen) atoms. The number of aryl methyl sites for hydroxylation is 1. The summed E-state index contributed by atoms with van der Waals surface area (Å²) in [5.41, 5.74) is -0.224. The molecule has 1 heterocycles. The summed E-state index contributed by atoms with van der Waals surface area (Å²) in [6.07, 6.45) is 1.76. The van der Waals surface area contributed by atoms with Gasteiger partial charge in [-0.3, -0.25) is 14.8 Å². The lowest BCUT2D eigenvalue weighted by atomic mass is 10.2. The minimum Gasteiger partial charge on any atom is -0.338 e. The van der Waals surface area contributed by atoms with E-state index in [-0.39, 0.29) is 17.2 Å². The molecule has 0 saturated heterocycles. The number of carbonyl (C=O) groups excluding carboxylic acids is 2. The zero-order chi connectivity index (χ0) is 19.3. The van der Waals surface area contributed by atoms with Crippen LogP contribution in [-0.2, 0) is 7.05 Å². The van der Waals surface area contributed by atoms with Crippen molar-refractivity contribution in [2.45, 2.75) is 19.8 Å². The van der Waals surface area contributed by atoms with Crippen LogP contribution in [0, 0.1) is 17.5 Å². The number of rotatable bonds is 6. The molecule has 1 aromatic carbocycles. The molecule has 0 saturated carbocycles. The number of nitrogens with zero attached hydrogens (tertiary/aromatic N) is 2. The molecule has 2 aromatic rings. The Hall–Kier alpha value is -3.04. The van der Waals surface area contributed by atoms with Gasteiger partial charge in [0.25, 0.3) is 5.91 Å². The molecule has 0 fully saturated rings. The van der Waals surface area contributed by atoms with E-state index in [0.29, 0.717) is 18.7 Å². The Bertz CT molecular complexity index is 799. The predicted molar refractivity (Wildman–Crippen MR) is 89.4 cm³/mol. The van der Waals surface area contributed by atoms with Crippen molar-refractivity contribution in [3.8, 4) is 0 Å². The molecule has 0 aliphatic heterocycles. The first-order valence-electron chi connectivity index (χ1n) is 7.86. The fraction of sp³-hybridized carbons (Fsp3) is 0.312. The number of unbranched alkanes of at least 4 members (excludes halogenated alkanes) is 1. The molecule has 1 aromatic heterocycles. The molecular formula is C16H18F3N5O2. The van der Waals surface area contributed by atoms with Crippen LogP contribution in [0.4, 0.5) is 29.5 Å². The SMILES string of the molecule is CCCCNC(=O)Nc1cc(C(=O)Nc2cc(F)c(F)c(F)c2)n(C)n1. The standard InChI is InChI=1S/C16H18F3N5O2/c1-3-4-5-20-16(26)22-13-8-12(24(2)23-13)15(25)21-9-6-10(17)14(19)11(18)7-9/h6-8H,3-5H2,1-2H3,(H,21,25)(H2,20,22,23,26). The van der Waals surface area contributed by atoms with Gasteiger partial charge in [-0.05, 0) is 6.42 Å². The van der Waals surface area contributed by atoms with Gasteiger partial charge in [-0.1, -0.05) is 13.3 Å². The molecule has 0 unspecified atom stereocenters. The largest absolute Gasteiger partial charge is 0.338 e. The highest BCUT2D eigenvalue weighted by Gasteiger charge is 2.17. The van der Waals surface area contributed by atoms with Crippen LogP contribution in [0.1, 0.15) is 30.3 Å². The maximum atomic E-state index is 13.2. The maximum absolute atomic E-state index is 13.2. The van der Waals surface area contributed by atoms with Gasteiger partial charge in [-0.15, -0.1) is 0 Å². The average Bonchev–Trinajstić information content (AvgIpc) is 2.93. The third-order valence-electron chi connectivity index (χ3n) is 3.41. The van der Waals surface area contributed by atoms with E-state index in [9.17, 15) is 22.8 Å². The van der Waals surface area contributed by atoms with E-state index in [1.54, 1.807) is 0 Å². The van der Waals surface area contributed by atoms with E-state index in [1.165, 1.54) is 17.8 Å². The van der Waals surface area contributed by atoms with Crippen molar-refractivity contribution in [1.29, 1.82) is 0 Å². The smallest absolute Gasteiger partial charge is 0.320 e. The van der Waals surface area contributed by atoms with E-state index >= 15 is 0 Å². The van der Waals surface area contributed by atoms with Gasteiger partial charge < -0.3 is 10.6 Å². The summed E-state index contributed by atoms with van der Waals surface area (Å²) in [4.78, 5) is 23.9. The summed E-state index contributed by atoms with van der Waals surface area (Å²) < 4.78 is 40.6. The van der Waals surface area contributed by atoms with Crippen LogP contribution in [0.2, 0.25) is 0 Å². The van der Waals surface area contributed by atoms with Crippen molar-refractivity contribution in [2.75, 3.05) is 17.2 Å². The number of carbonyl (C=O) groups is 2. The van der Waals surface area contributed by atoms with Gasteiger partial charge in [0.2, 0.25) is 0 Å². The maximum Gasteiger partial charge on any atom is 0.320 e. The van der Waals surface area contributed by atoms with Gasteiger partial charge in [0.05, 0.1) is 0 Å². The molecule has 0 aliphatic rings. The van der Waals surface area contributed by atoms with Crippen LogP contribution in [0.15, 0.2) is 18.2 Å². The fourth-order valence-corrected chi connectivity index (χ4v) is 2.10. The second-order valence-electron chi connectivity index (χ2n) is 5.48. The van der Waals surface area contributed by atoms with Crippen LogP contribution in [0.25, 0.3) is 0 Å². The zero-order valence-corrected chi connectivity index (χ0v) is 14.2. The quantitative estimate of drug-likeness (QED) is 0.540. The summed E-state index contributed by atoms with van der Waals surface area (Å²) in [6.45, 7) is 2.49. The number of hydrogen-bond acceptors (Lipinski definition) is 3. The minimum atomic E-state index is -1.62. The third-order valence-corrected chi connectivity index (χ3v) is 3.41.